The molecule has 0 saturated heterocycles. The van der Waals surface area contributed by atoms with Crippen molar-refractivity contribution in [1.82, 2.24) is 0 Å². The Balaban J connectivity index is 1.77. The van der Waals surface area contributed by atoms with E-state index in [9.17, 15) is 9.59 Å². The maximum absolute atomic E-state index is 12.7. The third kappa shape index (κ3) is 4.24. The molecule has 0 radical (unpaired) electrons. The molecule has 3 rings (SSSR count). The number of rotatable bonds is 5. The van der Waals surface area contributed by atoms with Crippen molar-refractivity contribution >= 4 is 33.3 Å². The molecule has 1 amide bonds. The molecular formula is C21H18BrN2O2+. The van der Waals surface area contributed by atoms with Gasteiger partial charge in [-0.25, -0.2) is 0 Å². The first-order chi connectivity index (χ1) is 12.5. The van der Waals surface area contributed by atoms with Crippen molar-refractivity contribution < 1.29 is 14.2 Å². The molecule has 0 aliphatic rings. The number of Topliss-reactive ketones (excluding diaryl/α,β-unsaturated/α-hetero) is 1. The molecule has 1 atom stereocenters. The number of pyridine rings is 1. The second kappa shape index (κ2) is 8.06. The van der Waals surface area contributed by atoms with Crippen LogP contribution in [-0.4, -0.2) is 11.7 Å². The Labute approximate surface area is 160 Å². The molecule has 0 aliphatic heterocycles. The van der Waals surface area contributed by atoms with Crippen molar-refractivity contribution in [2.75, 3.05) is 5.32 Å². The molecule has 3 aromatic rings. The lowest BCUT2D eigenvalue weighted by molar-refractivity contribution is -0.704. The van der Waals surface area contributed by atoms with Gasteiger partial charge in [-0.15, -0.1) is 0 Å². The number of anilines is 1. The molecule has 4 nitrogen and oxygen atoms in total. The van der Waals surface area contributed by atoms with Crippen LogP contribution in [0.3, 0.4) is 0 Å². The standard InChI is InChI=1S/C21H17BrN2O2/c1-15(20(25)16-9-11-18(22)12-10-16)24-13-5-8-19(14-24)23-21(26)17-6-3-2-4-7-17/h2-15H,1H3/p+1. The summed E-state index contributed by atoms with van der Waals surface area (Å²) >= 11 is 3.37. The molecule has 0 saturated carbocycles. The zero-order valence-electron chi connectivity index (χ0n) is 14.2. The van der Waals surface area contributed by atoms with Gasteiger partial charge in [0.2, 0.25) is 11.8 Å². The molecule has 2 aromatic carbocycles. The monoisotopic (exact) mass is 409 g/mol. The van der Waals surface area contributed by atoms with Gasteiger partial charge < -0.3 is 5.32 Å². The maximum Gasteiger partial charge on any atom is 0.255 e. The highest BCUT2D eigenvalue weighted by Gasteiger charge is 2.23. The number of halogens is 1. The first kappa shape index (κ1) is 18.0. The van der Waals surface area contributed by atoms with Crippen LogP contribution in [0.25, 0.3) is 0 Å². The fourth-order valence-corrected chi connectivity index (χ4v) is 2.86. The number of nitrogens with zero attached hydrogens (tertiary/aromatic N) is 1. The van der Waals surface area contributed by atoms with Crippen molar-refractivity contribution in [2.24, 2.45) is 0 Å². The number of ketones is 1. The predicted octanol–water partition coefficient (Wildman–Crippen LogP) is 4.43. The summed E-state index contributed by atoms with van der Waals surface area (Å²) in [5.41, 5.74) is 1.87. The van der Waals surface area contributed by atoms with E-state index in [1.54, 1.807) is 41.1 Å². The van der Waals surface area contributed by atoms with Gasteiger partial charge in [-0.05, 0) is 30.3 Å². The van der Waals surface area contributed by atoms with E-state index in [1.807, 2.05) is 49.5 Å². The molecule has 0 bridgehead atoms. The largest absolute Gasteiger partial charge is 0.317 e. The number of nitrogens with one attached hydrogen (secondary N) is 1. The van der Waals surface area contributed by atoms with E-state index < -0.39 is 0 Å². The van der Waals surface area contributed by atoms with Crippen LogP contribution < -0.4 is 9.88 Å². The van der Waals surface area contributed by atoms with Crippen molar-refractivity contribution in [3.05, 3.63) is 94.7 Å². The van der Waals surface area contributed by atoms with E-state index in [0.717, 1.165) is 4.47 Å². The highest BCUT2D eigenvalue weighted by Crippen LogP contribution is 2.15. The van der Waals surface area contributed by atoms with Gasteiger partial charge in [-0.3, -0.25) is 9.59 Å². The molecule has 26 heavy (non-hydrogen) atoms. The van der Waals surface area contributed by atoms with Crippen LogP contribution in [0.15, 0.2) is 83.6 Å². The van der Waals surface area contributed by atoms with E-state index >= 15 is 0 Å². The molecule has 0 aliphatic carbocycles. The Morgan fingerprint density at radius 3 is 2.31 bits per heavy atom. The van der Waals surface area contributed by atoms with Crippen molar-refractivity contribution in [3.8, 4) is 0 Å². The van der Waals surface area contributed by atoms with Crippen molar-refractivity contribution in [3.63, 3.8) is 0 Å². The fourth-order valence-electron chi connectivity index (χ4n) is 2.59. The van der Waals surface area contributed by atoms with Gasteiger partial charge in [-0.1, -0.05) is 46.3 Å². The quantitative estimate of drug-likeness (QED) is 0.500. The third-order valence-electron chi connectivity index (χ3n) is 4.07. The number of benzene rings is 2. The summed E-state index contributed by atoms with van der Waals surface area (Å²) in [5, 5.41) is 2.86. The number of aromatic nitrogens is 1. The highest BCUT2D eigenvalue weighted by atomic mass is 79.9. The summed E-state index contributed by atoms with van der Waals surface area (Å²) in [6.07, 6.45) is 3.59. The minimum Gasteiger partial charge on any atom is -0.317 e. The third-order valence-corrected chi connectivity index (χ3v) is 4.60. The molecule has 1 unspecified atom stereocenters. The van der Waals surface area contributed by atoms with Crippen molar-refractivity contribution in [2.45, 2.75) is 13.0 Å². The lowest BCUT2D eigenvalue weighted by Gasteiger charge is -2.09. The summed E-state index contributed by atoms with van der Waals surface area (Å²) in [4.78, 5) is 25.0. The number of carbonyl (C=O) groups is 2. The summed E-state index contributed by atoms with van der Waals surface area (Å²) in [7, 11) is 0. The summed E-state index contributed by atoms with van der Waals surface area (Å²) in [6.45, 7) is 1.84. The number of hydrogen-bond donors (Lipinski definition) is 1. The van der Waals surface area contributed by atoms with Crippen LogP contribution in [0.2, 0.25) is 0 Å². The molecule has 130 valence electrons. The molecular weight excluding hydrogens is 392 g/mol. The first-order valence-electron chi connectivity index (χ1n) is 8.21. The Morgan fingerprint density at radius 1 is 0.923 bits per heavy atom. The second-order valence-electron chi connectivity index (χ2n) is 5.91. The first-order valence-corrected chi connectivity index (χ1v) is 9.01. The summed E-state index contributed by atoms with van der Waals surface area (Å²) < 4.78 is 2.73. The highest BCUT2D eigenvalue weighted by molar-refractivity contribution is 9.10. The maximum atomic E-state index is 12.7. The molecule has 5 heteroatoms. The number of carbonyl (C=O) groups excluding carboxylic acids is 2. The van der Waals surface area contributed by atoms with Gasteiger partial charge >= 0.3 is 0 Å². The summed E-state index contributed by atoms with van der Waals surface area (Å²) in [6, 6.07) is 19.5. The molecule has 0 spiro atoms. The fraction of sp³-hybridized carbons (Fsp3) is 0.0952. The van der Waals surface area contributed by atoms with Gasteiger partial charge in [0.05, 0.1) is 0 Å². The zero-order valence-corrected chi connectivity index (χ0v) is 15.8. The van der Waals surface area contributed by atoms with Gasteiger partial charge in [-0.2, -0.15) is 4.57 Å². The normalized spacial score (nSPS) is 11.6. The van der Waals surface area contributed by atoms with E-state index in [0.29, 0.717) is 16.8 Å². The van der Waals surface area contributed by atoms with Crippen LogP contribution in [0.4, 0.5) is 5.69 Å². The van der Waals surface area contributed by atoms with Crippen LogP contribution >= 0.6 is 15.9 Å². The average Bonchev–Trinajstić information content (AvgIpc) is 2.68. The van der Waals surface area contributed by atoms with Crippen molar-refractivity contribution in [1.29, 1.82) is 0 Å². The second-order valence-corrected chi connectivity index (χ2v) is 6.82. The van der Waals surface area contributed by atoms with Gasteiger partial charge in [0.25, 0.3) is 5.91 Å². The Hall–Kier alpha value is -2.79. The van der Waals surface area contributed by atoms with Crippen LogP contribution in [0, 0.1) is 0 Å². The summed E-state index contributed by atoms with van der Waals surface area (Å²) in [5.74, 6) is -0.177. The number of hydrogen-bond acceptors (Lipinski definition) is 2. The lowest BCUT2D eigenvalue weighted by Crippen LogP contribution is -2.42. The lowest BCUT2D eigenvalue weighted by atomic mass is 10.1. The van der Waals surface area contributed by atoms with E-state index in [4.69, 9.17) is 0 Å². The smallest absolute Gasteiger partial charge is 0.255 e. The van der Waals surface area contributed by atoms with Gasteiger partial charge in [0.1, 0.15) is 5.69 Å². The van der Waals surface area contributed by atoms with Crippen LogP contribution in [-0.2, 0) is 0 Å². The molecule has 0 fully saturated rings. The van der Waals surface area contributed by atoms with E-state index in [1.165, 1.54) is 0 Å². The predicted molar refractivity (Wildman–Crippen MR) is 104 cm³/mol. The topological polar surface area (TPSA) is 50.0 Å². The van der Waals surface area contributed by atoms with Crippen LogP contribution in [0.1, 0.15) is 33.7 Å². The number of amides is 1. The molecule has 1 N–H and O–H groups in total. The van der Waals surface area contributed by atoms with E-state index in [-0.39, 0.29) is 17.7 Å². The average molecular weight is 410 g/mol. The Bertz CT molecular complexity index is 924. The van der Waals surface area contributed by atoms with E-state index in [2.05, 4.69) is 21.2 Å². The van der Waals surface area contributed by atoms with Crippen LogP contribution in [0.5, 0.6) is 0 Å². The minimum absolute atomic E-state index is 0.00837. The molecule has 1 heterocycles. The zero-order chi connectivity index (χ0) is 18.5. The minimum atomic E-state index is -0.384. The SMILES string of the molecule is CC(C(=O)c1ccc(Br)cc1)[n+]1cccc(NC(=O)c2ccccc2)c1. The van der Waals surface area contributed by atoms with Gasteiger partial charge in [0.15, 0.2) is 12.4 Å². The Kier molecular flexibility index (Phi) is 5.58. The molecule has 1 aromatic heterocycles. The Morgan fingerprint density at radius 2 is 1.62 bits per heavy atom. The van der Waals surface area contributed by atoms with Gasteiger partial charge in [0, 0.05) is 28.6 Å².